The average molecular weight is 259 g/mol. The van der Waals surface area contributed by atoms with E-state index in [0.717, 1.165) is 16.3 Å². The molecule has 1 atom stereocenters. The van der Waals surface area contributed by atoms with Crippen molar-refractivity contribution in [1.82, 2.24) is 4.98 Å². The van der Waals surface area contributed by atoms with Crippen LogP contribution in [-0.4, -0.2) is 10.8 Å². The highest BCUT2D eigenvalue weighted by Crippen LogP contribution is 2.36. The number of aromatic nitrogens is 1. The number of ether oxygens (including phenoxy) is 1. The van der Waals surface area contributed by atoms with E-state index in [4.69, 9.17) is 4.74 Å². The molecule has 0 bridgehead atoms. The van der Waals surface area contributed by atoms with E-state index in [1.54, 1.807) is 11.3 Å². The molecule has 18 heavy (non-hydrogen) atoms. The molecule has 3 nitrogen and oxygen atoms in total. The van der Waals surface area contributed by atoms with Crippen molar-refractivity contribution in [2.75, 3.05) is 0 Å². The molecule has 3 rings (SSSR count). The summed E-state index contributed by atoms with van der Waals surface area (Å²) in [5.74, 6) is 0.813. The number of rotatable bonds is 1. The fourth-order valence-electron chi connectivity index (χ4n) is 2.10. The third-order valence-electron chi connectivity index (χ3n) is 2.99. The minimum Gasteiger partial charge on any atom is -0.482 e. The Kier molecular flexibility index (Phi) is 2.67. The summed E-state index contributed by atoms with van der Waals surface area (Å²) in [5.41, 5.74) is 2.74. The Morgan fingerprint density at radius 1 is 1.39 bits per heavy atom. The number of benzene rings is 1. The Hall–Kier alpha value is -1.68. The van der Waals surface area contributed by atoms with Gasteiger partial charge in [0.05, 0.1) is 12.0 Å². The van der Waals surface area contributed by atoms with Gasteiger partial charge in [-0.15, -0.1) is 11.3 Å². The minimum absolute atomic E-state index is 0.137. The lowest BCUT2D eigenvalue weighted by Crippen LogP contribution is -2.20. The Balaban J connectivity index is 1.96. The van der Waals surface area contributed by atoms with Crippen LogP contribution in [0.5, 0.6) is 5.75 Å². The van der Waals surface area contributed by atoms with E-state index in [0.29, 0.717) is 17.7 Å². The highest BCUT2D eigenvalue weighted by Gasteiger charge is 2.29. The quantitative estimate of drug-likeness (QED) is 0.787. The number of nitrogens with zero attached hydrogens (tertiary/aromatic N) is 1. The van der Waals surface area contributed by atoms with Crippen molar-refractivity contribution < 1.29 is 9.53 Å². The van der Waals surface area contributed by atoms with Gasteiger partial charge in [-0.1, -0.05) is 11.6 Å². The molecule has 0 N–H and O–H groups in total. The van der Waals surface area contributed by atoms with Crippen LogP contribution in [0.3, 0.4) is 0 Å². The van der Waals surface area contributed by atoms with E-state index in [1.807, 2.05) is 37.4 Å². The number of Topliss-reactive ketones (excluding diaryl/α,β-unsaturated/α-hetero) is 1. The summed E-state index contributed by atoms with van der Waals surface area (Å²) in [7, 11) is 0. The molecule has 92 valence electrons. The van der Waals surface area contributed by atoms with E-state index in [1.165, 1.54) is 0 Å². The van der Waals surface area contributed by atoms with Gasteiger partial charge in [-0.05, 0) is 26.0 Å². The third kappa shape index (κ3) is 1.93. The van der Waals surface area contributed by atoms with Crippen molar-refractivity contribution in [3.63, 3.8) is 0 Å². The zero-order chi connectivity index (χ0) is 12.7. The zero-order valence-corrected chi connectivity index (χ0v) is 11.1. The predicted molar refractivity (Wildman–Crippen MR) is 70.3 cm³/mol. The van der Waals surface area contributed by atoms with Gasteiger partial charge in [0, 0.05) is 11.1 Å². The first kappa shape index (κ1) is 11.4. The van der Waals surface area contributed by atoms with Gasteiger partial charge in [-0.2, -0.15) is 0 Å². The molecule has 1 aliphatic heterocycles. The number of aryl methyl sites for hydroxylation is 2. The summed E-state index contributed by atoms with van der Waals surface area (Å²) in [6.45, 7) is 3.92. The van der Waals surface area contributed by atoms with Gasteiger partial charge in [0.25, 0.3) is 0 Å². The molecule has 0 amide bonds. The SMILES string of the molecule is Cc1ccc2c(c1)C(=O)CC(c1nc(C)cs1)O2. The van der Waals surface area contributed by atoms with Gasteiger partial charge in [0.1, 0.15) is 10.8 Å². The second-order valence-electron chi connectivity index (χ2n) is 4.56. The van der Waals surface area contributed by atoms with Crippen LogP contribution in [-0.2, 0) is 0 Å². The summed E-state index contributed by atoms with van der Waals surface area (Å²) in [6, 6.07) is 5.72. The number of ketones is 1. The summed E-state index contributed by atoms with van der Waals surface area (Å²) in [4.78, 5) is 16.5. The average Bonchev–Trinajstić information content (AvgIpc) is 2.77. The molecule has 0 spiro atoms. The molecule has 1 unspecified atom stereocenters. The first-order valence-electron chi connectivity index (χ1n) is 5.86. The second kappa shape index (κ2) is 4.21. The highest BCUT2D eigenvalue weighted by molar-refractivity contribution is 7.09. The van der Waals surface area contributed by atoms with Gasteiger partial charge >= 0.3 is 0 Å². The van der Waals surface area contributed by atoms with Crippen LogP contribution in [0.15, 0.2) is 23.6 Å². The van der Waals surface area contributed by atoms with Crippen molar-refractivity contribution in [2.45, 2.75) is 26.4 Å². The molecule has 0 saturated carbocycles. The van der Waals surface area contributed by atoms with E-state index in [-0.39, 0.29) is 11.9 Å². The molecule has 0 aliphatic carbocycles. The van der Waals surface area contributed by atoms with Gasteiger partial charge in [-0.3, -0.25) is 4.79 Å². The maximum absolute atomic E-state index is 12.1. The Labute approximate surface area is 109 Å². The lowest BCUT2D eigenvalue weighted by molar-refractivity contribution is 0.0849. The van der Waals surface area contributed by atoms with E-state index in [2.05, 4.69) is 4.98 Å². The Morgan fingerprint density at radius 3 is 2.94 bits per heavy atom. The summed E-state index contributed by atoms with van der Waals surface area (Å²) in [5, 5.41) is 2.86. The fourth-order valence-corrected chi connectivity index (χ4v) is 2.92. The molecular weight excluding hydrogens is 246 g/mol. The largest absolute Gasteiger partial charge is 0.482 e. The van der Waals surface area contributed by atoms with Gasteiger partial charge in [0.2, 0.25) is 0 Å². The van der Waals surface area contributed by atoms with E-state index in [9.17, 15) is 4.79 Å². The molecule has 0 radical (unpaired) electrons. The molecule has 0 saturated heterocycles. The minimum atomic E-state index is -0.230. The normalized spacial score (nSPS) is 18.3. The van der Waals surface area contributed by atoms with Crippen molar-refractivity contribution >= 4 is 17.1 Å². The molecule has 1 aliphatic rings. The molecule has 4 heteroatoms. The Bertz CT molecular complexity index is 618. The van der Waals surface area contributed by atoms with E-state index < -0.39 is 0 Å². The van der Waals surface area contributed by atoms with Crippen LogP contribution in [0, 0.1) is 13.8 Å². The predicted octanol–water partition coefficient (Wildman–Crippen LogP) is 3.47. The molecule has 2 aromatic rings. The van der Waals surface area contributed by atoms with Crippen LogP contribution in [0.25, 0.3) is 0 Å². The molecule has 1 aromatic heterocycles. The van der Waals surface area contributed by atoms with Crippen molar-refractivity contribution in [3.8, 4) is 5.75 Å². The summed E-state index contributed by atoms with van der Waals surface area (Å²) < 4.78 is 5.88. The summed E-state index contributed by atoms with van der Waals surface area (Å²) in [6.07, 6.45) is 0.148. The van der Waals surface area contributed by atoms with Crippen molar-refractivity contribution in [2.24, 2.45) is 0 Å². The van der Waals surface area contributed by atoms with Gasteiger partial charge in [-0.25, -0.2) is 4.98 Å². The fraction of sp³-hybridized carbons (Fsp3) is 0.286. The van der Waals surface area contributed by atoms with Crippen LogP contribution in [0.4, 0.5) is 0 Å². The van der Waals surface area contributed by atoms with Crippen LogP contribution >= 0.6 is 11.3 Å². The van der Waals surface area contributed by atoms with Crippen LogP contribution in [0.2, 0.25) is 0 Å². The standard InChI is InChI=1S/C14H13NO2S/c1-8-3-4-12-10(5-8)11(16)6-13(17-12)14-15-9(2)7-18-14/h3-5,7,13H,6H2,1-2H3. The Morgan fingerprint density at radius 2 is 2.22 bits per heavy atom. The number of hydrogen-bond acceptors (Lipinski definition) is 4. The van der Waals surface area contributed by atoms with Crippen molar-refractivity contribution in [3.05, 3.63) is 45.4 Å². The molecular formula is C14H13NO2S. The summed E-state index contributed by atoms with van der Waals surface area (Å²) >= 11 is 1.55. The number of hydrogen-bond donors (Lipinski definition) is 0. The first-order chi connectivity index (χ1) is 8.63. The molecule has 2 heterocycles. The second-order valence-corrected chi connectivity index (χ2v) is 5.45. The van der Waals surface area contributed by atoms with Gasteiger partial charge < -0.3 is 4.74 Å². The number of carbonyl (C=O) groups is 1. The first-order valence-corrected chi connectivity index (χ1v) is 6.74. The molecule has 0 fully saturated rings. The lowest BCUT2D eigenvalue weighted by Gasteiger charge is -2.23. The topological polar surface area (TPSA) is 39.2 Å². The van der Waals surface area contributed by atoms with Crippen molar-refractivity contribution in [1.29, 1.82) is 0 Å². The smallest absolute Gasteiger partial charge is 0.170 e. The maximum atomic E-state index is 12.1. The highest BCUT2D eigenvalue weighted by atomic mass is 32.1. The molecule has 1 aromatic carbocycles. The monoisotopic (exact) mass is 259 g/mol. The number of fused-ring (bicyclic) bond motifs is 1. The maximum Gasteiger partial charge on any atom is 0.170 e. The van der Waals surface area contributed by atoms with Crippen LogP contribution in [0.1, 0.15) is 39.1 Å². The lowest BCUT2D eigenvalue weighted by atomic mass is 9.99. The van der Waals surface area contributed by atoms with Gasteiger partial charge in [0.15, 0.2) is 11.9 Å². The van der Waals surface area contributed by atoms with E-state index >= 15 is 0 Å². The third-order valence-corrected chi connectivity index (χ3v) is 4.04. The number of thiazole rings is 1. The zero-order valence-electron chi connectivity index (χ0n) is 10.3. The van der Waals surface area contributed by atoms with Crippen LogP contribution < -0.4 is 4.74 Å². The number of carbonyl (C=O) groups excluding carboxylic acids is 1.